The van der Waals surface area contributed by atoms with Gasteiger partial charge in [0.1, 0.15) is 11.4 Å². The maximum atomic E-state index is 13.4. The van der Waals surface area contributed by atoms with Gasteiger partial charge >= 0.3 is 0 Å². The molecule has 4 rings (SSSR count). The molecule has 0 amide bonds. The topological polar surface area (TPSA) is 121 Å². The first-order valence-electron chi connectivity index (χ1n) is 11.1. The van der Waals surface area contributed by atoms with Crippen molar-refractivity contribution in [1.29, 1.82) is 0 Å². The summed E-state index contributed by atoms with van der Waals surface area (Å²) < 4.78 is 43.2. The number of nitrogens with one attached hydrogen (secondary N) is 1. The van der Waals surface area contributed by atoms with Crippen molar-refractivity contribution in [1.82, 2.24) is 19.5 Å². The van der Waals surface area contributed by atoms with Crippen LogP contribution in [-0.2, 0) is 17.1 Å². The number of sulfonamides is 1. The molecule has 4 aromatic rings. The van der Waals surface area contributed by atoms with E-state index in [-0.39, 0.29) is 22.4 Å². The molecule has 0 atom stereocenters. The van der Waals surface area contributed by atoms with Gasteiger partial charge in [0.05, 0.1) is 28.4 Å². The highest BCUT2D eigenvalue weighted by molar-refractivity contribution is 7.92. The first-order chi connectivity index (χ1) is 16.6. The van der Waals surface area contributed by atoms with E-state index in [1.807, 2.05) is 26.8 Å². The second-order valence-electron chi connectivity index (χ2n) is 8.25. The number of para-hydroxylation sites is 1. The van der Waals surface area contributed by atoms with Crippen LogP contribution >= 0.6 is 0 Å². The van der Waals surface area contributed by atoms with Crippen molar-refractivity contribution in [3.63, 3.8) is 0 Å². The first-order valence-corrected chi connectivity index (χ1v) is 12.6. The molecule has 2 heterocycles. The maximum Gasteiger partial charge on any atom is 0.296 e. The predicted molar refractivity (Wildman–Crippen MR) is 132 cm³/mol. The van der Waals surface area contributed by atoms with Gasteiger partial charge in [0.2, 0.25) is 0 Å². The summed E-state index contributed by atoms with van der Waals surface area (Å²) in [6.45, 7) is 7.71. The molecular formula is C24H27N5O5S. The Hall–Kier alpha value is -3.86. The number of hydrogen-bond acceptors (Lipinski definition) is 7. The summed E-state index contributed by atoms with van der Waals surface area (Å²) in [6, 6.07) is 13.3. The number of nitrogens with zero attached hydrogens (tertiary/aromatic N) is 4. The first kappa shape index (κ1) is 24.3. The zero-order valence-corrected chi connectivity index (χ0v) is 21.0. The van der Waals surface area contributed by atoms with Crippen LogP contribution in [0, 0.1) is 6.92 Å². The second-order valence-corrected chi connectivity index (χ2v) is 9.93. The van der Waals surface area contributed by atoms with Gasteiger partial charge in [-0.2, -0.15) is 4.98 Å². The summed E-state index contributed by atoms with van der Waals surface area (Å²) in [4.78, 5) is 17.5. The summed E-state index contributed by atoms with van der Waals surface area (Å²) in [7, 11) is -2.44. The molecule has 0 unspecified atom stereocenters. The van der Waals surface area contributed by atoms with Gasteiger partial charge in [0.15, 0.2) is 5.82 Å². The SMILES string of the molecule is CCOc1ccc(S(=O)(=O)Nc2c(C)n(C)n(-c3ccccc3)c2=O)cc1-c1nc(C(C)C)no1. The molecule has 2 aromatic carbocycles. The fourth-order valence-corrected chi connectivity index (χ4v) is 4.72. The summed E-state index contributed by atoms with van der Waals surface area (Å²) >= 11 is 0. The van der Waals surface area contributed by atoms with Gasteiger partial charge in [-0.15, -0.1) is 0 Å². The third kappa shape index (κ3) is 4.59. The zero-order valence-electron chi connectivity index (χ0n) is 20.1. The van der Waals surface area contributed by atoms with Gasteiger partial charge in [0.25, 0.3) is 21.5 Å². The number of benzene rings is 2. The van der Waals surface area contributed by atoms with Crippen LogP contribution in [-0.4, -0.2) is 34.5 Å². The second kappa shape index (κ2) is 9.41. The molecule has 0 aliphatic heterocycles. The van der Waals surface area contributed by atoms with E-state index in [2.05, 4.69) is 14.9 Å². The third-order valence-corrected chi connectivity index (χ3v) is 6.89. The summed E-state index contributed by atoms with van der Waals surface area (Å²) in [5, 5.41) is 3.96. The van der Waals surface area contributed by atoms with Crippen LogP contribution in [0.15, 0.2) is 62.7 Å². The van der Waals surface area contributed by atoms with E-state index in [0.717, 1.165) is 0 Å². The van der Waals surface area contributed by atoms with E-state index < -0.39 is 15.6 Å². The lowest BCUT2D eigenvalue weighted by atomic mass is 10.2. The summed E-state index contributed by atoms with van der Waals surface area (Å²) in [5.41, 5.74) is 0.915. The van der Waals surface area contributed by atoms with Crippen molar-refractivity contribution in [2.75, 3.05) is 11.3 Å². The number of rotatable bonds is 8. The molecule has 0 fully saturated rings. The van der Waals surface area contributed by atoms with E-state index in [1.165, 1.54) is 22.9 Å². The maximum absolute atomic E-state index is 13.4. The Morgan fingerprint density at radius 1 is 1.14 bits per heavy atom. The number of anilines is 1. The summed E-state index contributed by atoms with van der Waals surface area (Å²) in [5.74, 6) is 1.09. The minimum atomic E-state index is -4.14. The average molecular weight is 498 g/mol. The number of ether oxygens (including phenoxy) is 1. The minimum Gasteiger partial charge on any atom is -0.493 e. The molecule has 35 heavy (non-hydrogen) atoms. The van der Waals surface area contributed by atoms with Crippen molar-refractivity contribution in [2.45, 2.75) is 38.5 Å². The van der Waals surface area contributed by atoms with Gasteiger partial charge in [-0.05, 0) is 44.2 Å². The molecular weight excluding hydrogens is 470 g/mol. The fourth-order valence-electron chi connectivity index (χ4n) is 3.58. The molecule has 0 spiro atoms. The number of hydrogen-bond donors (Lipinski definition) is 1. The van der Waals surface area contributed by atoms with Crippen LogP contribution in [0.1, 0.15) is 38.2 Å². The van der Waals surface area contributed by atoms with Crippen LogP contribution in [0.3, 0.4) is 0 Å². The Kier molecular flexibility index (Phi) is 6.53. The smallest absolute Gasteiger partial charge is 0.296 e. The minimum absolute atomic E-state index is 0.0319. The Bertz CT molecular complexity index is 1520. The van der Waals surface area contributed by atoms with E-state index in [0.29, 0.717) is 35.1 Å². The highest BCUT2D eigenvalue weighted by atomic mass is 32.2. The normalized spacial score (nSPS) is 11.7. The van der Waals surface area contributed by atoms with Crippen molar-refractivity contribution >= 4 is 15.7 Å². The molecule has 10 nitrogen and oxygen atoms in total. The van der Waals surface area contributed by atoms with Crippen LogP contribution < -0.4 is 15.0 Å². The molecule has 2 aromatic heterocycles. The van der Waals surface area contributed by atoms with Crippen molar-refractivity contribution in [3.05, 3.63) is 70.4 Å². The fraction of sp³-hybridized carbons (Fsp3) is 0.292. The Morgan fingerprint density at radius 3 is 2.49 bits per heavy atom. The molecule has 0 saturated carbocycles. The van der Waals surface area contributed by atoms with Gasteiger partial charge in [-0.1, -0.05) is 37.2 Å². The molecule has 0 radical (unpaired) electrons. The molecule has 0 aliphatic carbocycles. The lowest BCUT2D eigenvalue weighted by Gasteiger charge is -2.11. The Morgan fingerprint density at radius 2 is 1.86 bits per heavy atom. The highest BCUT2D eigenvalue weighted by Crippen LogP contribution is 2.33. The summed E-state index contributed by atoms with van der Waals surface area (Å²) in [6.07, 6.45) is 0. The van der Waals surface area contributed by atoms with E-state index in [9.17, 15) is 13.2 Å². The van der Waals surface area contributed by atoms with Gasteiger partial charge < -0.3 is 9.26 Å². The largest absolute Gasteiger partial charge is 0.493 e. The van der Waals surface area contributed by atoms with Gasteiger partial charge in [-0.3, -0.25) is 14.2 Å². The van der Waals surface area contributed by atoms with E-state index in [1.54, 1.807) is 42.9 Å². The van der Waals surface area contributed by atoms with E-state index >= 15 is 0 Å². The lowest BCUT2D eigenvalue weighted by Crippen LogP contribution is -2.23. The molecule has 11 heteroatoms. The molecule has 0 bridgehead atoms. The Labute approximate surface area is 203 Å². The van der Waals surface area contributed by atoms with Crippen LogP contribution in [0.2, 0.25) is 0 Å². The van der Waals surface area contributed by atoms with Gasteiger partial charge in [0, 0.05) is 13.0 Å². The molecule has 1 N–H and O–H groups in total. The molecule has 0 saturated heterocycles. The lowest BCUT2D eigenvalue weighted by molar-refractivity contribution is 0.339. The highest BCUT2D eigenvalue weighted by Gasteiger charge is 2.25. The standard InChI is InChI=1S/C24H27N5O5S/c1-6-33-20-13-12-18(14-19(20)23-25-22(15(2)3)26-34-23)35(31,32)27-21-16(4)28(5)29(24(21)30)17-10-8-7-9-11-17/h7-15,27H,6H2,1-5H3. The molecule has 0 aliphatic rings. The van der Waals surface area contributed by atoms with Crippen molar-refractivity contribution in [2.24, 2.45) is 7.05 Å². The predicted octanol–water partition coefficient (Wildman–Crippen LogP) is 3.86. The average Bonchev–Trinajstić information content (AvgIpc) is 3.40. The Balaban J connectivity index is 1.76. The molecule has 184 valence electrons. The van der Waals surface area contributed by atoms with Crippen molar-refractivity contribution < 1.29 is 17.7 Å². The van der Waals surface area contributed by atoms with Crippen LogP contribution in [0.5, 0.6) is 5.75 Å². The van der Waals surface area contributed by atoms with Crippen LogP contribution in [0.25, 0.3) is 17.1 Å². The van der Waals surface area contributed by atoms with Gasteiger partial charge in [-0.25, -0.2) is 13.1 Å². The third-order valence-electron chi connectivity index (χ3n) is 5.54. The quantitative estimate of drug-likeness (QED) is 0.392. The monoisotopic (exact) mass is 497 g/mol. The van der Waals surface area contributed by atoms with Crippen molar-refractivity contribution in [3.8, 4) is 22.9 Å². The van der Waals surface area contributed by atoms with Crippen LogP contribution in [0.4, 0.5) is 5.69 Å². The zero-order chi connectivity index (χ0) is 25.3. The van der Waals surface area contributed by atoms with E-state index in [4.69, 9.17) is 9.26 Å². The number of aromatic nitrogens is 4.